The van der Waals surface area contributed by atoms with E-state index in [-0.39, 0.29) is 5.91 Å². The molecular weight excluding hydrogens is 386 g/mol. The molecule has 5 rings (SSSR count). The summed E-state index contributed by atoms with van der Waals surface area (Å²) in [4.78, 5) is 17.4. The molecule has 3 aromatic rings. The summed E-state index contributed by atoms with van der Waals surface area (Å²) in [6, 6.07) is 20.3. The maximum Gasteiger partial charge on any atom is 0.253 e. The van der Waals surface area contributed by atoms with Crippen molar-refractivity contribution in [3.05, 3.63) is 83.4 Å². The van der Waals surface area contributed by atoms with Gasteiger partial charge in [-0.25, -0.2) is 0 Å². The average Bonchev–Trinajstić information content (AvgIpc) is 3.40. The normalized spacial score (nSPS) is 19.2. The van der Waals surface area contributed by atoms with Crippen LogP contribution in [0.1, 0.15) is 39.9 Å². The zero-order chi connectivity index (χ0) is 21.0. The smallest absolute Gasteiger partial charge is 0.253 e. The number of hydrogen-bond acceptors (Lipinski definition) is 4. The first-order valence-electron chi connectivity index (χ1n) is 11.3. The molecule has 1 aromatic heterocycles. The largest absolute Gasteiger partial charge is 0.336 e. The molecule has 0 aliphatic carbocycles. The standard InChI is InChI=1S/C25H29N5O/c31-25(21-9-5-2-6-10-21)29-16-13-23-26-27-24(30(23)18-17-29)22-12-15-28(19-22)14-11-20-7-3-1-4-8-20/h1-10,22H,11-19H2. The predicted octanol–water partition coefficient (Wildman–Crippen LogP) is 3.01. The number of hydrogen-bond donors (Lipinski definition) is 0. The Labute approximate surface area is 183 Å². The van der Waals surface area contributed by atoms with E-state index in [0.29, 0.717) is 19.0 Å². The van der Waals surface area contributed by atoms with Gasteiger partial charge in [0.2, 0.25) is 0 Å². The number of amides is 1. The average molecular weight is 416 g/mol. The van der Waals surface area contributed by atoms with E-state index in [4.69, 9.17) is 0 Å². The van der Waals surface area contributed by atoms with E-state index in [0.717, 1.165) is 62.7 Å². The molecule has 2 aliphatic heterocycles. The van der Waals surface area contributed by atoms with Crippen molar-refractivity contribution in [3.63, 3.8) is 0 Å². The lowest BCUT2D eigenvalue weighted by molar-refractivity contribution is 0.0758. The molecule has 1 amide bonds. The molecule has 6 nitrogen and oxygen atoms in total. The molecule has 1 unspecified atom stereocenters. The number of fused-ring (bicyclic) bond motifs is 1. The second kappa shape index (κ2) is 9.02. The Morgan fingerprint density at radius 1 is 0.903 bits per heavy atom. The van der Waals surface area contributed by atoms with Crippen LogP contribution in [0.4, 0.5) is 0 Å². The third kappa shape index (κ3) is 4.39. The second-order valence-corrected chi connectivity index (χ2v) is 8.56. The lowest BCUT2D eigenvalue weighted by atomic mass is 10.1. The van der Waals surface area contributed by atoms with Crippen molar-refractivity contribution < 1.29 is 4.79 Å². The molecule has 2 aromatic carbocycles. The van der Waals surface area contributed by atoms with Crippen LogP contribution >= 0.6 is 0 Å². The number of likely N-dealkylation sites (tertiary alicyclic amines) is 1. The quantitative estimate of drug-likeness (QED) is 0.643. The van der Waals surface area contributed by atoms with Gasteiger partial charge >= 0.3 is 0 Å². The van der Waals surface area contributed by atoms with Crippen LogP contribution in [0.2, 0.25) is 0 Å². The maximum atomic E-state index is 12.9. The molecule has 3 heterocycles. The third-order valence-corrected chi connectivity index (χ3v) is 6.56. The SMILES string of the molecule is O=C(c1ccccc1)N1CCc2nnc(C3CCN(CCc4ccccc4)C3)n2CC1. The number of carbonyl (C=O) groups is 1. The van der Waals surface area contributed by atoms with E-state index in [1.165, 1.54) is 5.56 Å². The molecule has 0 saturated carbocycles. The number of carbonyl (C=O) groups excluding carboxylic acids is 1. The second-order valence-electron chi connectivity index (χ2n) is 8.56. The minimum Gasteiger partial charge on any atom is -0.336 e. The van der Waals surface area contributed by atoms with E-state index in [2.05, 4.69) is 50.0 Å². The van der Waals surface area contributed by atoms with Gasteiger partial charge in [-0.1, -0.05) is 48.5 Å². The molecule has 0 N–H and O–H groups in total. The third-order valence-electron chi connectivity index (χ3n) is 6.56. The summed E-state index contributed by atoms with van der Waals surface area (Å²) in [7, 11) is 0. The Balaban J connectivity index is 1.21. The predicted molar refractivity (Wildman–Crippen MR) is 120 cm³/mol. The Kier molecular flexibility index (Phi) is 5.80. The summed E-state index contributed by atoms with van der Waals surface area (Å²) >= 11 is 0. The van der Waals surface area contributed by atoms with E-state index >= 15 is 0 Å². The summed E-state index contributed by atoms with van der Waals surface area (Å²) in [5.41, 5.74) is 2.15. The van der Waals surface area contributed by atoms with Crippen LogP contribution in [0.3, 0.4) is 0 Å². The summed E-state index contributed by atoms with van der Waals surface area (Å²) in [6.07, 6.45) is 2.97. The fourth-order valence-corrected chi connectivity index (χ4v) is 4.79. The Bertz CT molecular complexity index is 1020. The van der Waals surface area contributed by atoms with Gasteiger partial charge in [0.15, 0.2) is 0 Å². The number of nitrogens with zero attached hydrogens (tertiary/aromatic N) is 5. The van der Waals surface area contributed by atoms with Gasteiger partial charge in [0, 0.05) is 50.6 Å². The van der Waals surface area contributed by atoms with Crippen LogP contribution in [0.15, 0.2) is 60.7 Å². The van der Waals surface area contributed by atoms with Crippen LogP contribution in [0.5, 0.6) is 0 Å². The van der Waals surface area contributed by atoms with Crippen LogP contribution in [-0.2, 0) is 19.4 Å². The van der Waals surface area contributed by atoms with Crippen LogP contribution < -0.4 is 0 Å². The van der Waals surface area contributed by atoms with Crippen molar-refractivity contribution in [1.82, 2.24) is 24.6 Å². The van der Waals surface area contributed by atoms with Crippen molar-refractivity contribution >= 4 is 5.91 Å². The van der Waals surface area contributed by atoms with Crippen molar-refractivity contribution in [1.29, 1.82) is 0 Å². The Morgan fingerprint density at radius 2 is 1.68 bits per heavy atom. The molecule has 6 heteroatoms. The minimum absolute atomic E-state index is 0.105. The molecule has 1 fully saturated rings. The molecule has 160 valence electrons. The highest BCUT2D eigenvalue weighted by Crippen LogP contribution is 2.27. The fraction of sp³-hybridized carbons (Fsp3) is 0.400. The molecule has 2 aliphatic rings. The van der Waals surface area contributed by atoms with E-state index < -0.39 is 0 Å². The first-order valence-corrected chi connectivity index (χ1v) is 11.3. The molecule has 31 heavy (non-hydrogen) atoms. The van der Waals surface area contributed by atoms with E-state index in [1.807, 2.05) is 35.2 Å². The summed E-state index contributed by atoms with van der Waals surface area (Å²) in [5.74, 6) is 2.65. The van der Waals surface area contributed by atoms with E-state index in [1.54, 1.807) is 0 Å². The zero-order valence-corrected chi connectivity index (χ0v) is 17.9. The topological polar surface area (TPSA) is 54.3 Å². The van der Waals surface area contributed by atoms with Crippen LogP contribution in [0, 0.1) is 0 Å². The Hall–Kier alpha value is -2.99. The molecule has 1 atom stereocenters. The molecule has 0 radical (unpaired) electrons. The molecular formula is C25H29N5O. The van der Waals surface area contributed by atoms with Crippen molar-refractivity contribution in [2.75, 3.05) is 32.7 Å². The van der Waals surface area contributed by atoms with Crippen LogP contribution in [0.25, 0.3) is 0 Å². The van der Waals surface area contributed by atoms with Gasteiger partial charge in [0.1, 0.15) is 11.6 Å². The molecule has 0 bridgehead atoms. The zero-order valence-electron chi connectivity index (χ0n) is 17.9. The van der Waals surface area contributed by atoms with Gasteiger partial charge in [0.25, 0.3) is 5.91 Å². The highest BCUT2D eigenvalue weighted by atomic mass is 16.2. The van der Waals surface area contributed by atoms with Gasteiger partial charge in [-0.15, -0.1) is 10.2 Å². The number of benzene rings is 2. The van der Waals surface area contributed by atoms with Gasteiger partial charge < -0.3 is 14.4 Å². The Morgan fingerprint density at radius 3 is 2.48 bits per heavy atom. The highest BCUT2D eigenvalue weighted by molar-refractivity contribution is 5.94. The lowest BCUT2D eigenvalue weighted by Crippen LogP contribution is -2.33. The monoisotopic (exact) mass is 415 g/mol. The van der Waals surface area contributed by atoms with Gasteiger partial charge in [-0.2, -0.15) is 0 Å². The maximum absolute atomic E-state index is 12.9. The van der Waals surface area contributed by atoms with Crippen molar-refractivity contribution in [2.45, 2.75) is 31.7 Å². The first-order chi connectivity index (χ1) is 15.3. The molecule has 0 spiro atoms. The summed E-state index contributed by atoms with van der Waals surface area (Å²) < 4.78 is 2.28. The minimum atomic E-state index is 0.105. The summed E-state index contributed by atoms with van der Waals surface area (Å²) in [5, 5.41) is 9.09. The van der Waals surface area contributed by atoms with Crippen molar-refractivity contribution in [3.8, 4) is 0 Å². The van der Waals surface area contributed by atoms with Crippen molar-refractivity contribution in [2.24, 2.45) is 0 Å². The number of rotatable bonds is 5. The summed E-state index contributed by atoms with van der Waals surface area (Å²) in [6.45, 7) is 5.41. The highest BCUT2D eigenvalue weighted by Gasteiger charge is 2.30. The van der Waals surface area contributed by atoms with Crippen LogP contribution in [-0.4, -0.2) is 63.2 Å². The molecule has 1 saturated heterocycles. The van der Waals surface area contributed by atoms with E-state index in [9.17, 15) is 4.79 Å². The van der Waals surface area contributed by atoms with Gasteiger partial charge in [0.05, 0.1) is 0 Å². The number of aromatic nitrogens is 3. The fourth-order valence-electron chi connectivity index (χ4n) is 4.79. The van der Waals surface area contributed by atoms with Gasteiger partial charge in [-0.3, -0.25) is 4.79 Å². The first kappa shape index (κ1) is 19.9. The lowest BCUT2D eigenvalue weighted by Gasteiger charge is -2.20. The van der Waals surface area contributed by atoms with Gasteiger partial charge in [-0.05, 0) is 37.1 Å².